The molecular weight excluding hydrogens is 420 g/mol. The summed E-state index contributed by atoms with van der Waals surface area (Å²) in [5.41, 5.74) is 2.72. The largest absolute Gasteiger partial charge is 0.452 e. The highest BCUT2D eigenvalue weighted by molar-refractivity contribution is 9.10. The first kappa shape index (κ1) is 18.2. The van der Waals surface area contributed by atoms with Crippen LogP contribution in [0, 0.1) is 6.92 Å². The maximum absolute atomic E-state index is 12.6. The summed E-state index contributed by atoms with van der Waals surface area (Å²) in [4.78, 5) is 24.9. The monoisotopic (exact) mass is 434 g/mol. The summed E-state index contributed by atoms with van der Waals surface area (Å²) >= 11 is 3.41. The maximum atomic E-state index is 12.6. The second-order valence-electron chi connectivity index (χ2n) is 6.41. The van der Waals surface area contributed by atoms with Crippen LogP contribution in [0.25, 0.3) is 6.08 Å². The van der Waals surface area contributed by atoms with Crippen molar-refractivity contribution in [3.8, 4) is 11.5 Å². The molecule has 0 fully saturated rings. The van der Waals surface area contributed by atoms with Gasteiger partial charge in [-0.3, -0.25) is 4.79 Å². The van der Waals surface area contributed by atoms with Crippen molar-refractivity contribution in [2.24, 2.45) is 0 Å². The third kappa shape index (κ3) is 3.75. The number of ether oxygens (including phenoxy) is 2. The SMILES string of the molecule is Cc1cccc(C(=O)Oc2ccc3c(c2)O/C(=C\c2cccc(Br)c2)C3=O)c1. The van der Waals surface area contributed by atoms with E-state index in [1.165, 1.54) is 0 Å². The highest BCUT2D eigenvalue weighted by Gasteiger charge is 2.28. The quantitative estimate of drug-likeness (QED) is 0.306. The van der Waals surface area contributed by atoms with Crippen molar-refractivity contribution in [3.05, 3.63) is 99.2 Å². The van der Waals surface area contributed by atoms with Gasteiger partial charge in [0.1, 0.15) is 11.5 Å². The first-order valence-electron chi connectivity index (χ1n) is 8.62. The number of allylic oxidation sites excluding steroid dienone is 1. The van der Waals surface area contributed by atoms with Crippen molar-refractivity contribution >= 4 is 33.8 Å². The van der Waals surface area contributed by atoms with Crippen molar-refractivity contribution in [1.29, 1.82) is 0 Å². The number of rotatable bonds is 3. The summed E-state index contributed by atoms with van der Waals surface area (Å²) in [7, 11) is 0. The van der Waals surface area contributed by atoms with Gasteiger partial charge < -0.3 is 9.47 Å². The maximum Gasteiger partial charge on any atom is 0.343 e. The van der Waals surface area contributed by atoms with Crippen LogP contribution in [0.1, 0.15) is 31.8 Å². The molecule has 28 heavy (non-hydrogen) atoms. The fourth-order valence-electron chi connectivity index (χ4n) is 2.92. The number of hydrogen-bond donors (Lipinski definition) is 0. The molecule has 1 aliphatic rings. The highest BCUT2D eigenvalue weighted by atomic mass is 79.9. The molecular formula is C23H15BrO4. The van der Waals surface area contributed by atoms with Gasteiger partial charge in [-0.25, -0.2) is 4.79 Å². The second-order valence-corrected chi connectivity index (χ2v) is 7.33. The lowest BCUT2D eigenvalue weighted by atomic mass is 10.1. The molecule has 3 aromatic carbocycles. The number of esters is 1. The summed E-state index contributed by atoms with van der Waals surface area (Å²) in [6, 6.07) is 19.5. The number of carbonyl (C=O) groups excluding carboxylic acids is 2. The summed E-state index contributed by atoms with van der Waals surface area (Å²) in [5, 5.41) is 0. The van der Waals surface area contributed by atoms with Crippen LogP contribution in [0.4, 0.5) is 0 Å². The predicted octanol–water partition coefficient (Wildman–Crippen LogP) is 5.59. The van der Waals surface area contributed by atoms with E-state index in [9.17, 15) is 9.59 Å². The molecule has 0 unspecified atom stereocenters. The lowest BCUT2D eigenvalue weighted by molar-refractivity contribution is 0.0734. The molecule has 0 amide bonds. The molecule has 0 bridgehead atoms. The zero-order valence-corrected chi connectivity index (χ0v) is 16.5. The van der Waals surface area contributed by atoms with Gasteiger partial charge in [0, 0.05) is 10.5 Å². The molecule has 3 aromatic rings. The van der Waals surface area contributed by atoms with E-state index >= 15 is 0 Å². The minimum Gasteiger partial charge on any atom is -0.452 e. The lowest BCUT2D eigenvalue weighted by Gasteiger charge is -2.06. The van der Waals surface area contributed by atoms with Crippen molar-refractivity contribution in [2.45, 2.75) is 6.92 Å². The third-order valence-corrected chi connectivity index (χ3v) is 4.75. The minimum atomic E-state index is -0.460. The van der Waals surface area contributed by atoms with E-state index in [2.05, 4.69) is 15.9 Å². The number of aryl methyl sites for hydroxylation is 1. The van der Waals surface area contributed by atoms with Crippen molar-refractivity contribution in [2.75, 3.05) is 0 Å². The molecule has 0 aliphatic carbocycles. The summed E-state index contributed by atoms with van der Waals surface area (Å²) < 4.78 is 12.1. The van der Waals surface area contributed by atoms with Crippen molar-refractivity contribution in [3.63, 3.8) is 0 Å². The number of benzene rings is 3. The normalized spacial score (nSPS) is 13.9. The molecule has 4 rings (SSSR count). The molecule has 5 heteroatoms. The third-order valence-electron chi connectivity index (χ3n) is 4.25. The second kappa shape index (κ2) is 7.44. The number of fused-ring (bicyclic) bond motifs is 1. The van der Waals surface area contributed by atoms with Crippen LogP contribution in [-0.2, 0) is 0 Å². The van der Waals surface area contributed by atoms with Crippen molar-refractivity contribution < 1.29 is 19.1 Å². The minimum absolute atomic E-state index is 0.202. The van der Waals surface area contributed by atoms with Gasteiger partial charge in [0.15, 0.2) is 5.76 Å². The fourth-order valence-corrected chi connectivity index (χ4v) is 3.33. The highest BCUT2D eigenvalue weighted by Crippen LogP contribution is 2.35. The first-order chi connectivity index (χ1) is 13.5. The standard InChI is InChI=1S/C23H15BrO4/c1-14-4-2-6-16(10-14)23(26)27-18-8-9-19-20(13-18)28-21(22(19)25)12-15-5-3-7-17(24)11-15/h2-13H,1H3/b21-12-. The zero-order chi connectivity index (χ0) is 19.7. The van der Waals surface area contributed by atoms with E-state index in [-0.39, 0.29) is 11.5 Å². The van der Waals surface area contributed by atoms with Crippen LogP contribution in [0.15, 0.2) is 77.0 Å². The number of halogens is 1. The molecule has 138 valence electrons. The Morgan fingerprint density at radius 1 is 1.04 bits per heavy atom. The van der Waals surface area contributed by atoms with Crippen LogP contribution in [0.2, 0.25) is 0 Å². The fraction of sp³-hybridized carbons (Fsp3) is 0.0435. The molecule has 0 N–H and O–H groups in total. The van der Waals surface area contributed by atoms with Gasteiger partial charge in [-0.05, 0) is 55.0 Å². The van der Waals surface area contributed by atoms with Crippen LogP contribution in [-0.4, -0.2) is 11.8 Å². The smallest absolute Gasteiger partial charge is 0.343 e. The Bertz CT molecular complexity index is 1130. The van der Waals surface area contributed by atoms with Gasteiger partial charge >= 0.3 is 5.97 Å². The summed E-state index contributed by atoms with van der Waals surface area (Å²) in [5.74, 6) is 0.266. The summed E-state index contributed by atoms with van der Waals surface area (Å²) in [6.45, 7) is 1.91. The number of ketones is 1. The van der Waals surface area contributed by atoms with E-state index in [1.54, 1.807) is 42.5 Å². The molecule has 0 saturated heterocycles. The van der Waals surface area contributed by atoms with Gasteiger partial charge in [-0.1, -0.05) is 45.8 Å². The van der Waals surface area contributed by atoms with E-state index in [0.717, 1.165) is 15.6 Å². The number of hydrogen-bond acceptors (Lipinski definition) is 4. The van der Waals surface area contributed by atoms with Gasteiger partial charge in [0.2, 0.25) is 5.78 Å². The summed E-state index contributed by atoms with van der Waals surface area (Å²) in [6.07, 6.45) is 1.69. The Kier molecular flexibility index (Phi) is 4.84. The lowest BCUT2D eigenvalue weighted by Crippen LogP contribution is -2.08. The number of Topliss-reactive ketones (excluding diaryl/α,β-unsaturated/α-hetero) is 1. The Balaban J connectivity index is 1.56. The van der Waals surface area contributed by atoms with Gasteiger partial charge in [-0.2, -0.15) is 0 Å². The molecule has 1 aliphatic heterocycles. The molecule has 0 radical (unpaired) electrons. The Morgan fingerprint density at radius 3 is 2.64 bits per heavy atom. The Labute approximate surface area is 170 Å². The molecule has 4 nitrogen and oxygen atoms in total. The topological polar surface area (TPSA) is 52.6 Å². The van der Waals surface area contributed by atoms with Gasteiger partial charge in [0.05, 0.1) is 11.1 Å². The molecule has 0 aromatic heterocycles. The average molecular weight is 435 g/mol. The molecule has 0 spiro atoms. The predicted molar refractivity (Wildman–Crippen MR) is 110 cm³/mol. The average Bonchev–Trinajstić information content (AvgIpc) is 2.97. The van der Waals surface area contributed by atoms with Gasteiger partial charge in [-0.15, -0.1) is 0 Å². The molecule has 1 heterocycles. The van der Waals surface area contributed by atoms with E-state index < -0.39 is 5.97 Å². The number of carbonyl (C=O) groups is 2. The zero-order valence-electron chi connectivity index (χ0n) is 14.9. The first-order valence-corrected chi connectivity index (χ1v) is 9.41. The van der Waals surface area contributed by atoms with Crippen LogP contribution < -0.4 is 9.47 Å². The van der Waals surface area contributed by atoms with Crippen molar-refractivity contribution in [1.82, 2.24) is 0 Å². The molecule has 0 saturated carbocycles. The van der Waals surface area contributed by atoms with Crippen LogP contribution in [0.3, 0.4) is 0 Å². The van der Waals surface area contributed by atoms with E-state index in [0.29, 0.717) is 22.6 Å². The van der Waals surface area contributed by atoms with Crippen LogP contribution in [0.5, 0.6) is 11.5 Å². The van der Waals surface area contributed by atoms with E-state index in [4.69, 9.17) is 9.47 Å². The Hall–Kier alpha value is -3.18. The molecule has 0 atom stereocenters. The van der Waals surface area contributed by atoms with Crippen LogP contribution >= 0.6 is 15.9 Å². The Morgan fingerprint density at radius 2 is 1.86 bits per heavy atom. The van der Waals surface area contributed by atoms with Gasteiger partial charge in [0.25, 0.3) is 0 Å². The van der Waals surface area contributed by atoms with E-state index in [1.807, 2.05) is 37.3 Å².